The second-order valence-corrected chi connectivity index (χ2v) is 5.51. The molecule has 0 aliphatic carbocycles. The van der Waals surface area contributed by atoms with Crippen LogP contribution in [0.25, 0.3) is 0 Å². The summed E-state index contributed by atoms with van der Waals surface area (Å²) in [5.74, 6) is 0.268. The lowest BCUT2D eigenvalue weighted by Crippen LogP contribution is -2.36. The topological polar surface area (TPSA) is 23.5 Å². The van der Waals surface area contributed by atoms with Gasteiger partial charge in [-0.05, 0) is 50.4 Å². The van der Waals surface area contributed by atoms with Gasteiger partial charge in [-0.25, -0.2) is 0 Å². The Morgan fingerprint density at radius 2 is 1.85 bits per heavy atom. The number of hydrogen-bond donors (Lipinski definition) is 1. The third kappa shape index (κ3) is 3.73. The molecule has 0 spiro atoms. The fraction of sp³-hybridized carbons (Fsp3) is 0.600. The van der Waals surface area contributed by atoms with E-state index in [0.29, 0.717) is 12.1 Å². The zero-order chi connectivity index (χ0) is 14.8. The van der Waals surface area contributed by atoms with Crippen molar-refractivity contribution in [1.29, 1.82) is 0 Å². The minimum Gasteiger partial charge on any atom is -0.393 e. The Bertz CT molecular complexity index is 437. The van der Waals surface area contributed by atoms with Crippen LogP contribution in [-0.2, 0) is 12.7 Å². The minimum absolute atomic E-state index is 0.268. The fourth-order valence-electron chi connectivity index (χ4n) is 2.77. The summed E-state index contributed by atoms with van der Waals surface area (Å²) in [7, 11) is 0. The van der Waals surface area contributed by atoms with Crippen LogP contribution >= 0.6 is 0 Å². The fourth-order valence-corrected chi connectivity index (χ4v) is 2.77. The van der Waals surface area contributed by atoms with Gasteiger partial charge < -0.3 is 5.11 Å². The Hall–Kier alpha value is -1.07. The number of halogens is 3. The van der Waals surface area contributed by atoms with Crippen LogP contribution in [-0.4, -0.2) is 29.2 Å². The minimum atomic E-state index is -4.30. The van der Waals surface area contributed by atoms with Gasteiger partial charge in [-0.3, -0.25) is 4.90 Å². The summed E-state index contributed by atoms with van der Waals surface area (Å²) >= 11 is 0. The Morgan fingerprint density at radius 1 is 1.25 bits per heavy atom. The summed E-state index contributed by atoms with van der Waals surface area (Å²) in [5.41, 5.74) is -0.215. The third-order valence-corrected chi connectivity index (χ3v) is 4.03. The zero-order valence-electron chi connectivity index (χ0n) is 11.5. The maximum absolute atomic E-state index is 12.9. The molecule has 1 heterocycles. The Balaban J connectivity index is 2.02. The van der Waals surface area contributed by atoms with E-state index >= 15 is 0 Å². The van der Waals surface area contributed by atoms with Crippen molar-refractivity contribution in [1.82, 2.24) is 4.90 Å². The third-order valence-electron chi connectivity index (χ3n) is 4.03. The van der Waals surface area contributed by atoms with Gasteiger partial charge in [-0.2, -0.15) is 13.2 Å². The number of alkyl halides is 3. The molecule has 1 N–H and O–H groups in total. The van der Waals surface area contributed by atoms with Crippen LogP contribution in [0.3, 0.4) is 0 Å². The molecule has 1 atom stereocenters. The number of hydrogen-bond acceptors (Lipinski definition) is 2. The average Bonchev–Trinajstić information content (AvgIpc) is 2.38. The molecular formula is C15H20F3NO. The zero-order valence-corrected chi connectivity index (χ0v) is 11.5. The van der Waals surface area contributed by atoms with Crippen LogP contribution in [0.2, 0.25) is 0 Å². The van der Waals surface area contributed by atoms with E-state index in [2.05, 4.69) is 0 Å². The SMILES string of the molecule is C[C@@H](O)C1CCN(Cc2ccccc2C(F)(F)F)CC1. The molecule has 1 aliphatic rings. The number of aliphatic hydroxyl groups is 1. The van der Waals surface area contributed by atoms with Gasteiger partial charge in [0.25, 0.3) is 0 Å². The number of nitrogens with zero attached hydrogens (tertiary/aromatic N) is 1. The van der Waals surface area contributed by atoms with Gasteiger partial charge in [0.1, 0.15) is 0 Å². The van der Waals surface area contributed by atoms with Crippen molar-refractivity contribution >= 4 is 0 Å². The number of aliphatic hydroxyl groups excluding tert-OH is 1. The van der Waals surface area contributed by atoms with Gasteiger partial charge in [-0.15, -0.1) is 0 Å². The second kappa shape index (κ2) is 6.14. The van der Waals surface area contributed by atoms with Crippen molar-refractivity contribution in [2.45, 2.75) is 38.6 Å². The number of benzene rings is 1. The van der Waals surface area contributed by atoms with E-state index in [1.807, 2.05) is 4.90 Å². The molecule has 1 aromatic carbocycles. The molecule has 1 saturated heterocycles. The Morgan fingerprint density at radius 3 is 2.40 bits per heavy atom. The van der Waals surface area contributed by atoms with E-state index in [4.69, 9.17) is 0 Å². The molecular weight excluding hydrogens is 267 g/mol. The second-order valence-electron chi connectivity index (χ2n) is 5.51. The van der Waals surface area contributed by atoms with Crippen LogP contribution in [0.1, 0.15) is 30.9 Å². The first-order chi connectivity index (χ1) is 9.38. The predicted molar refractivity (Wildman–Crippen MR) is 71.1 cm³/mol. The molecule has 2 nitrogen and oxygen atoms in total. The molecule has 0 unspecified atom stereocenters. The average molecular weight is 287 g/mol. The summed E-state index contributed by atoms with van der Waals surface area (Å²) < 4.78 is 38.8. The summed E-state index contributed by atoms with van der Waals surface area (Å²) in [6.07, 6.45) is -2.95. The van der Waals surface area contributed by atoms with Gasteiger partial charge in [0, 0.05) is 6.54 Å². The monoisotopic (exact) mass is 287 g/mol. The van der Waals surface area contributed by atoms with Crippen molar-refractivity contribution < 1.29 is 18.3 Å². The molecule has 0 amide bonds. The number of likely N-dealkylation sites (tertiary alicyclic amines) is 1. The lowest BCUT2D eigenvalue weighted by Gasteiger charge is -2.33. The molecule has 5 heteroatoms. The first kappa shape index (κ1) is 15.3. The van der Waals surface area contributed by atoms with Gasteiger partial charge in [0.2, 0.25) is 0 Å². The van der Waals surface area contributed by atoms with Crippen molar-refractivity contribution in [3.63, 3.8) is 0 Å². The highest BCUT2D eigenvalue weighted by atomic mass is 19.4. The lowest BCUT2D eigenvalue weighted by atomic mass is 9.92. The van der Waals surface area contributed by atoms with E-state index < -0.39 is 11.7 Å². The molecule has 0 radical (unpaired) electrons. The molecule has 1 fully saturated rings. The van der Waals surface area contributed by atoms with Gasteiger partial charge in [-0.1, -0.05) is 18.2 Å². The van der Waals surface area contributed by atoms with Crippen LogP contribution in [0.15, 0.2) is 24.3 Å². The maximum Gasteiger partial charge on any atom is 0.416 e. The maximum atomic E-state index is 12.9. The molecule has 20 heavy (non-hydrogen) atoms. The standard InChI is InChI=1S/C15H20F3NO/c1-11(20)12-6-8-19(9-7-12)10-13-4-2-3-5-14(13)15(16,17)18/h2-5,11-12,20H,6-10H2,1H3/t11-/m1/s1. The van der Waals surface area contributed by atoms with Crippen LogP contribution in [0.4, 0.5) is 13.2 Å². The molecule has 0 aromatic heterocycles. The first-order valence-corrected chi connectivity index (χ1v) is 6.93. The van der Waals surface area contributed by atoms with Gasteiger partial charge in [0.05, 0.1) is 11.7 Å². The Labute approximate surface area is 117 Å². The van der Waals surface area contributed by atoms with E-state index in [1.54, 1.807) is 19.1 Å². The Kier molecular flexibility index (Phi) is 4.70. The van der Waals surface area contributed by atoms with Gasteiger partial charge in [0.15, 0.2) is 0 Å². The van der Waals surface area contributed by atoms with Crippen LogP contribution in [0.5, 0.6) is 0 Å². The summed E-state index contributed by atoms with van der Waals surface area (Å²) in [6.45, 7) is 3.57. The first-order valence-electron chi connectivity index (χ1n) is 6.93. The molecule has 0 saturated carbocycles. The highest BCUT2D eigenvalue weighted by Crippen LogP contribution is 2.33. The quantitative estimate of drug-likeness (QED) is 0.922. The van der Waals surface area contributed by atoms with Crippen molar-refractivity contribution in [3.05, 3.63) is 35.4 Å². The summed E-state index contributed by atoms with van der Waals surface area (Å²) in [5, 5.41) is 9.54. The highest BCUT2D eigenvalue weighted by molar-refractivity contribution is 5.29. The molecule has 1 aliphatic heterocycles. The number of piperidine rings is 1. The van der Waals surface area contributed by atoms with Gasteiger partial charge >= 0.3 is 6.18 Å². The highest BCUT2D eigenvalue weighted by Gasteiger charge is 2.33. The van der Waals surface area contributed by atoms with E-state index in [9.17, 15) is 18.3 Å². The molecule has 112 valence electrons. The van der Waals surface area contributed by atoms with Crippen molar-refractivity contribution in [2.75, 3.05) is 13.1 Å². The summed E-state index contributed by atoms with van der Waals surface area (Å²) in [6, 6.07) is 5.75. The van der Waals surface area contributed by atoms with E-state index in [-0.39, 0.29) is 12.0 Å². The smallest absolute Gasteiger partial charge is 0.393 e. The molecule has 2 rings (SSSR count). The van der Waals surface area contributed by atoms with Crippen molar-refractivity contribution in [2.24, 2.45) is 5.92 Å². The normalized spacial score (nSPS) is 20.1. The largest absolute Gasteiger partial charge is 0.416 e. The summed E-state index contributed by atoms with van der Waals surface area (Å²) in [4.78, 5) is 2.03. The van der Waals surface area contributed by atoms with Crippen molar-refractivity contribution in [3.8, 4) is 0 Å². The van der Waals surface area contributed by atoms with E-state index in [0.717, 1.165) is 32.0 Å². The number of rotatable bonds is 3. The van der Waals surface area contributed by atoms with Crippen LogP contribution < -0.4 is 0 Å². The molecule has 0 bridgehead atoms. The molecule has 1 aromatic rings. The van der Waals surface area contributed by atoms with Crippen LogP contribution in [0, 0.1) is 5.92 Å². The van der Waals surface area contributed by atoms with E-state index in [1.165, 1.54) is 6.07 Å². The predicted octanol–water partition coefficient (Wildman–Crippen LogP) is 3.30. The lowest BCUT2D eigenvalue weighted by molar-refractivity contribution is -0.138.